The van der Waals surface area contributed by atoms with Gasteiger partial charge in [0, 0.05) is 0 Å². The lowest BCUT2D eigenvalue weighted by Gasteiger charge is -2.15. The summed E-state index contributed by atoms with van der Waals surface area (Å²) in [5.41, 5.74) is 4.23. The summed E-state index contributed by atoms with van der Waals surface area (Å²) in [6.45, 7) is 0. The van der Waals surface area contributed by atoms with Gasteiger partial charge in [-0.3, -0.25) is 0 Å². The number of hydrogen-bond donors (Lipinski definition) is 2. The Balaban J connectivity index is 2.27. The predicted molar refractivity (Wildman–Crippen MR) is 92.8 cm³/mol. The van der Waals surface area contributed by atoms with E-state index < -0.39 is 7.12 Å². The number of benzene rings is 2. The molecule has 0 bridgehead atoms. The van der Waals surface area contributed by atoms with Crippen molar-refractivity contribution in [2.24, 2.45) is 0 Å². The van der Waals surface area contributed by atoms with Crippen LogP contribution in [0.5, 0.6) is 0 Å². The van der Waals surface area contributed by atoms with E-state index in [-0.39, 0.29) is 0 Å². The highest BCUT2D eigenvalue weighted by Gasteiger charge is 2.20. The molecule has 0 aromatic heterocycles. The number of hydrogen-bond acceptors (Lipinski definition) is 3. The summed E-state index contributed by atoms with van der Waals surface area (Å²) in [6, 6.07) is 15.2. The van der Waals surface area contributed by atoms with Crippen molar-refractivity contribution in [2.45, 2.75) is 12.8 Å². The minimum Gasteiger partial charge on any atom is -0.423 e. The summed E-state index contributed by atoms with van der Waals surface area (Å²) >= 11 is 0. The second-order valence-electron chi connectivity index (χ2n) is 5.48. The standard InChI is InChI=1S/C19H16BNO2/c21-13-19-17(14-7-3-1-4-8-14)11-16(20(22)23)12-18(19)15-9-5-2-6-10-15/h1,3-5,7-12,22-23H,2,6H2. The van der Waals surface area contributed by atoms with E-state index in [0.717, 1.165) is 29.5 Å². The number of rotatable bonds is 3. The van der Waals surface area contributed by atoms with Crippen LogP contribution in [0.1, 0.15) is 24.0 Å². The van der Waals surface area contributed by atoms with Gasteiger partial charge in [0.15, 0.2) is 0 Å². The Morgan fingerprint density at radius 1 is 1.00 bits per heavy atom. The molecule has 2 N–H and O–H groups in total. The van der Waals surface area contributed by atoms with Crippen LogP contribution in [-0.2, 0) is 0 Å². The first-order valence-electron chi connectivity index (χ1n) is 7.57. The molecule has 3 rings (SSSR count). The average Bonchev–Trinajstić information content (AvgIpc) is 2.62. The zero-order valence-corrected chi connectivity index (χ0v) is 12.6. The Morgan fingerprint density at radius 3 is 2.35 bits per heavy atom. The molecule has 0 heterocycles. The smallest absolute Gasteiger partial charge is 0.423 e. The second-order valence-corrected chi connectivity index (χ2v) is 5.48. The molecule has 1 aliphatic carbocycles. The van der Waals surface area contributed by atoms with Crippen LogP contribution in [0, 0.1) is 11.3 Å². The number of nitrogens with zero attached hydrogens (tertiary/aromatic N) is 1. The van der Waals surface area contributed by atoms with Crippen LogP contribution in [0.3, 0.4) is 0 Å². The maximum atomic E-state index is 9.69. The molecule has 0 fully saturated rings. The van der Waals surface area contributed by atoms with Crippen LogP contribution in [0.2, 0.25) is 0 Å². The molecule has 2 aromatic rings. The van der Waals surface area contributed by atoms with E-state index in [2.05, 4.69) is 18.2 Å². The summed E-state index contributed by atoms with van der Waals surface area (Å²) in [5.74, 6) is 0. The summed E-state index contributed by atoms with van der Waals surface area (Å²) in [4.78, 5) is 0. The minimum absolute atomic E-state index is 0.387. The molecule has 0 saturated carbocycles. The molecule has 0 radical (unpaired) electrons. The van der Waals surface area contributed by atoms with Crippen molar-refractivity contribution in [2.75, 3.05) is 0 Å². The molecule has 1 aliphatic rings. The van der Waals surface area contributed by atoms with Gasteiger partial charge in [-0.15, -0.1) is 0 Å². The van der Waals surface area contributed by atoms with Crippen molar-refractivity contribution in [3.63, 3.8) is 0 Å². The topological polar surface area (TPSA) is 64.2 Å². The highest BCUT2D eigenvalue weighted by atomic mass is 16.4. The van der Waals surface area contributed by atoms with Gasteiger partial charge in [0.1, 0.15) is 6.07 Å². The molecule has 0 atom stereocenters. The lowest BCUT2D eigenvalue weighted by atomic mass is 9.75. The van der Waals surface area contributed by atoms with Crippen LogP contribution < -0.4 is 5.46 Å². The van der Waals surface area contributed by atoms with Crippen molar-refractivity contribution < 1.29 is 10.0 Å². The molecule has 3 nitrogen and oxygen atoms in total. The van der Waals surface area contributed by atoms with Crippen molar-refractivity contribution in [1.82, 2.24) is 0 Å². The second kappa shape index (κ2) is 6.66. The molecule has 0 unspecified atom stereocenters. The lowest BCUT2D eigenvalue weighted by Crippen LogP contribution is -2.30. The first-order valence-corrected chi connectivity index (χ1v) is 7.57. The third kappa shape index (κ3) is 3.12. The maximum absolute atomic E-state index is 9.69. The van der Waals surface area contributed by atoms with Crippen molar-refractivity contribution in [1.29, 1.82) is 5.26 Å². The average molecular weight is 301 g/mol. The zero-order valence-electron chi connectivity index (χ0n) is 12.6. The van der Waals surface area contributed by atoms with E-state index in [4.69, 9.17) is 0 Å². The van der Waals surface area contributed by atoms with Gasteiger partial charge in [-0.1, -0.05) is 60.7 Å². The molecule has 112 valence electrons. The van der Waals surface area contributed by atoms with E-state index in [1.54, 1.807) is 12.1 Å². The van der Waals surface area contributed by atoms with Crippen molar-refractivity contribution in [3.05, 3.63) is 71.8 Å². The highest BCUT2D eigenvalue weighted by molar-refractivity contribution is 6.58. The van der Waals surface area contributed by atoms with Gasteiger partial charge in [0.2, 0.25) is 0 Å². The van der Waals surface area contributed by atoms with Gasteiger partial charge >= 0.3 is 7.12 Å². The zero-order chi connectivity index (χ0) is 16.2. The summed E-state index contributed by atoms with van der Waals surface area (Å²) in [6.07, 6.45) is 8.05. The normalized spacial score (nSPS) is 13.3. The van der Waals surface area contributed by atoms with Crippen LogP contribution in [-0.4, -0.2) is 17.2 Å². The van der Waals surface area contributed by atoms with E-state index in [1.165, 1.54) is 0 Å². The molecule has 0 saturated heterocycles. The SMILES string of the molecule is N#Cc1c(C2=CCCC=C2)cc(B(O)O)cc1-c1ccccc1. The van der Waals surface area contributed by atoms with Gasteiger partial charge in [-0.05, 0) is 40.6 Å². The molecule has 2 aromatic carbocycles. The molecular weight excluding hydrogens is 285 g/mol. The van der Waals surface area contributed by atoms with Crippen molar-refractivity contribution in [3.8, 4) is 17.2 Å². The first-order chi connectivity index (χ1) is 11.2. The Morgan fingerprint density at radius 2 is 1.74 bits per heavy atom. The summed E-state index contributed by atoms with van der Waals surface area (Å²) in [5, 5.41) is 28.9. The highest BCUT2D eigenvalue weighted by Crippen LogP contribution is 2.31. The molecule has 0 spiro atoms. The fourth-order valence-corrected chi connectivity index (χ4v) is 2.82. The van der Waals surface area contributed by atoms with Gasteiger partial charge in [-0.25, -0.2) is 0 Å². The molecule has 4 heteroatoms. The Bertz CT molecular complexity index is 817. The predicted octanol–water partition coefficient (Wildman–Crippen LogP) is 2.64. The number of nitriles is 1. The maximum Gasteiger partial charge on any atom is 0.488 e. The Kier molecular flexibility index (Phi) is 4.43. The first kappa shape index (κ1) is 15.3. The van der Waals surface area contributed by atoms with Crippen molar-refractivity contribution >= 4 is 18.2 Å². The fraction of sp³-hybridized carbons (Fsp3) is 0.105. The molecular formula is C19H16BNO2. The largest absolute Gasteiger partial charge is 0.488 e. The van der Waals surface area contributed by atoms with Crippen LogP contribution in [0.4, 0.5) is 0 Å². The summed E-state index contributed by atoms with van der Waals surface area (Å²) < 4.78 is 0. The quantitative estimate of drug-likeness (QED) is 0.857. The Hall–Kier alpha value is -2.61. The Labute approximate surface area is 136 Å². The summed E-state index contributed by atoms with van der Waals surface area (Å²) in [7, 11) is -1.57. The van der Waals surface area contributed by atoms with Crippen LogP contribution in [0.15, 0.2) is 60.7 Å². The van der Waals surface area contributed by atoms with Gasteiger partial charge < -0.3 is 10.0 Å². The van der Waals surface area contributed by atoms with E-state index >= 15 is 0 Å². The monoisotopic (exact) mass is 301 g/mol. The van der Waals surface area contributed by atoms with Gasteiger partial charge in [-0.2, -0.15) is 5.26 Å². The van der Waals surface area contributed by atoms with Crippen LogP contribution >= 0.6 is 0 Å². The van der Waals surface area contributed by atoms with Gasteiger partial charge in [0.25, 0.3) is 0 Å². The van der Waals surface area contributed by atoms with E-state index in [0.29, 0.717) is 16.6 Å². The molecule has 23 heavy (non-hydrogen) atoms. The van der Waals surface area contributed by atoms with E-state index in [1.807, 2.05) is 36.4 Å². The van der Waals surface area contributed by atoms with Crippen LogP contribution in [0.25, 0.3) is 16.7 Å². The third-order valence-electron chi connectivity index (χ3n) is 3.96. The number of allylic oxidation sites excluding steroid dienone is 4. The van der Waals surface area contributed by atoms with Gasteiger partial charge in [0.05, 0.1) is 5.56 Å². The lowest BCUT2D eigenvalue weighted by molar-refractivity contribution is 0.426. The van der Waals surface area contributed by atoms with E-state index in [9.17, 15) is 15.3 Å². The minimum atomic E-state index is -1.57. The fourth-order valence-electron chi connectivity index (χ4n) is 2.82. The third-order valence-corrected chi connectivity index (χ3v) is 3.96. The molecule has 0 aliphatic heterocycles. The molecule has 0 amide bonds.